The summed E-state index contributed by atoms with van der Waals surface area (Å²) >= 11 is 1.35. The molecule has 4 aromatic rings. The second kappa shape index (κ2) is 9.68. The number of para-hydroxylation sites is 1. The normalized spacial score (nSPS) is 16.1. The lowest BCUT2D eigenvalue weighted by Gasteiger charge is -2.07. The standard InChI is InChI=1S/C27H24N4O3S/c1-18-9-11-20(12-10-18)29-27-30(2)26(33)24(35-27)14-19-16-31(23-8-4-3-7-22(19)23)17-25(32)28-15-21-6-5-13-34-21/h3-14,16H,15,17H2,1-2H3,(H,28,32)/b24-14+,29-27?. The van der Waals surface area contributed by atoms with Crippen molar-refractivity contribution in [2.24, 2.45) is 4.99 Å². The Hall–Kier alpha value is -4.04. The summed E-state index contributed by atoms with van der Waals surface area (Å²) in [5.74, 6) is 0.471. The SMILES string of the molecule is Cc1ccc(N=C2S/C(=C/c3cn(CC(=O)NCc4ccco4)c4ccccc34)C(=O)N2C)cc1. The number of thioether (sulfide) groups is 1. The van der Waals surface area contributed by atoms with E-state index in [2.05, 4.69) is 10.3 Å². The highest BCUT2D eigenvalue weighted by Gasteiger charge is 2.30. The van der Waals surface area contributed by atoms with E-state index >= 15 is 0 Å². The van der Waals surface area contributed by atoms with Crippen LogP contribution in [0.15, 0.2) is 87.4 Å². The maximum Gasteiger partial charge on any atom is 0.266 e. The third kappa shape index (κ3) is 4.93. The smallest absolute Gasteiger partial charge is 0.266 e. The number of benzene rings is 2. The third-order valence-corrected chi connectivity index (χ3v) is 6.78. The molecule has 7 nitrogen and oxygen atoms in total. The van der Waals surface area contributed by atoms with Crippen molar-refractivity contribution in [1.29, 1.82) is 0 Å². The van der Waals surface area contributed by atoms with Crippen molar-refractivity contribution in [3.63, 3.8) is 0 Å². The van der Waals surface area contributed by atoms with E-state index in [1.165, 1.54) is 11.8 Å². The van der Waals surface area contributed by atoms with Crippen LogP contribution in [0.5, 0.6) is 0 Å². The number of carbonyl (C=O) groups is 2. The number of furan rings is 1. The number of aromatic nitrogens is 1. The fraction of sp³-hybridized carbons (Fsp3) is 0.148. The summed E-state index contributed by atoms with van der Waals surface area (Å²) in [7, 11) is 1.73. The maximum atomic E-state index is 13.0. The lowest BCUT2D eigenvalue weighted by atomic mass is 10.1. The van der Waals surface area contributed by atoms with E-state index in [4.69, 9.17) is 4.42 Å². The van der Waals surface area contributed by atoms with Gasteiger partial charge in [0.2, 0.25) is 5.91 Å². The number of amidine groups is 1. The van der Waals surface area contributed by atoms with Gasteiger partial charge in [0.15, 0.2) is 5.17 Å². The molecule has 2 amide bonds. The van der Waals surface area contributed by atoms with Crippen molar-refractivity contribution >= 4 is 51.4 Å². The van der Waals surface area contributed by atoms with Crippen molar-refractivity contribution in [2.75, 3.05) is 7.05 Å². The van der Waals surface area contributed by atoms with Crippen LogP contribution in [0.2, 0.25) is 0 Å². The minimum Gasteiger partial charge on any atom is -0.467 e. The molecule has 1 aliphatic heterocycles. The highest BCUT2D eigenvalue weighted by molar-refractivity contribution is 8.18. The molecule has 1 saturated heterocycles. The maximum absolute atomic E-state index is 13.0. The van der Waals surface area contributed by atoms with E-state index in [0.29, 0.717) is 22.4 Å². The Kier molecular flexibility index (Phi) is 6.29. The fourth-order valence-corrected chi connectivity index (χ4v) is 4.83. The second-order valence-electron chi connectivity index (χ2n) is 8.29. The molecule has 5 rings (SSSR count). The van der Waals surface area contributed by atoms with Gasteiger partial charge in [0.1, 0.15) is 12.3 Å². The van der Waals surface area contributed by atoms with Crippen molar-refractivity contribution in [3.8, 4) is 0 Å². The van der Waals surface area contributed by atoms with E-state index in [1.54, 1.807) is 24.3 Å². The quantitative estimate of drug-likeness (QED) is 0.387. The molecule has 1 fully saturated rings. The summed E-state index contributed by atoms with van der Waals surface area (Å²) in [6.45, 7) is 2.52. The van der Waals surface area contributed by atoms with Crippen LogP contribution < -0.4 is 5.32 Å². The zero-order chi connectivity index (χ0) is 24.4. The van der Waals surface area contributed by atoms with E-state index in [9.17, 15) is 9.59 Å². The van der Waals surface area contributed by atoms with Crippen LogP contribution >= 0.6 is 11.8 Å². The van der Waals surface area contributed by atoms with Crippen molar-refractivity contribution in [2.45, 2.75) is 20.0 Å². The average Bonchev–Trinajstić information content (AvgIpc) is 3.56. The molecule has 1 aliphatic rings. The molecule has 0 atom stereocenters. The predicted molar refractivity (Wildman–Crippen MR) is 139 cm³/mol. The number of nitrogens with one attached hydrogen (secondary N) is 1. The first-order chi connectivity index (χ1) is 17.0. The molecule has 2 aromatic heterocycles. The molecule has 0 radical (unpaired) electrons. The summed E-state index contributed by atoms with van der Waals surface area (Å²) in [4.78, 5) is 32.3. The van der Waals surface area contributed by atoms with Gasteiger partial charge in [0.05, 0.1) is 23.4 Å². The average molecular weight is 485 g/mol. The van der Waals surface area contributed by atoms with Gasteiger partial charge < -0.3 is 14.3 Å². The summed E-state index contributed by atoms with van der Waals surface area (Å²) < 4.78 is 7.17. The molecule has 0 saturated carbocycles. The Morgan fingerprint density at radius 1 is 1.11 bits per heavy atom. The van der Waals surface area contributed by atoms with Crippen LogP contribution in [-0.2, 0) is 22.7 Å². The molecule has 2 aromatic carbocycles. The number of carbonyl (C=O) groups excluding carboxylic acids is 2. The van der Waals surface area contributed by atoms with Crippen LogP contribution in [-0.4, -0.2) is 33.5 Å². The van der Waals surface area contributed by atoms with E-state index < -0.39 is 0 Å². The molecular weight excluding hydrogens is 460 g/mol. The Morgan fingerprint density at radius 2 is 1.91 bits per heavy atom. The first kappa shape index (κ1) is 22.7. The lowest BCUT2D eigenvalue weighted by molar-refractivity contribution is -0.122. The third-order valence-electron chi connectivity index (χ3n) is 5.72. The Balaban J connectivity index is 1.39. The Bertz CT molecular complexity index is 1450. The van der Waals surface area contributed by atoms with E-state index in [0.717, 1.165) is 27.7 Å². The van der Waals surface area contributed by atoms with E-state index in [-0.39, 0.29) is 18.4 Å². The number of aliphatic imine (C=N–C) groups is 1. The molecule has 1 N–H and O–H groups in total. The second-order valence-corrected chi connectivity index (χ2v) is 9.30. The number of likely N-dealkylation sites (N-methyl/N-ethyl adjacent to an activating group) is 1. The lowest BCUT2D eigenvalue weighted by Crippen LogP contribution is -2.26. The Labute approximate surface area is 207 Å². The molecule has 0 spiro atoms. The van der Waals surface area contributed by atoms with E-state index in [1.807, 2.05) is 78.4 Å². The molecule has 8 heteroatoms. The summed E-state index contributed by atoms with van der Waals surface area (Å²) in [5.41, 5.74) is 3.75. The summed E-state index contributed by atoms with van der Waals surface area (Å²) in [6.07, 6.45) is 5.37. The van der Waals surface area contributed by atoms with Gasteiger partial charge in [0.25, 0.3) is 5.91 Å². The summed E-state index contributed by atoms with van der Waals surface area (Å²) in [6, 6.07) is 19.3. The first-order valence-electron chi connectivity index (χ1n) is 11.2. The van der Waals surface area contributed by atoms with Gasteiger partial charge in [-0.15, -0.1) is 0 Å². The molecule has 0 bridgehead atoms. The molecular formula is C27H24N4O3S. The molecule has 176 valence electrons. The number of rotatable bonds is 6. The van der Waals surface area contributed by atoms with Gasteiger partial charge in [-0.05, 0) is 55.1 Å². The van der Waals surface area contributed by atoms with Gasteiger partial charge in [-0.25, -0.2) is 4.99 Å². The van der Waals surface area contributed by atoms with Gasteiger partial charge in [-0.1, -0.05) is 35.9 Å². The minimum absolute atomic E-state index is 0.103. The number of fused-ring (bicyclic) bond motifs is 1. The van der Waals surface area contributed by atoms with Crippen LogP contribution in [0, 0.1) is 6.92 Å². The highest BCUT2D eigenvalue weighted by atomic mass is 32.2. The topological polar surface area (TPSA) is 79.8 Å². The van der Waals surface area contributed by atoms with Crippen molar-refractivity contribution in [3.05, 3.63) is 94.9 Å². The van der Waals surface area contributed by atoms with Crippen LogP contribution in [0.4, 0.5) is 5.69 Å². The molecule has 35 heavy (non-hydrogen) atoms. The van der Waals surface area contributed by atoms with Crippen LogP contribution in [0.25, 0.3) is 17.0 Å². The van der Waals surface area contributed by atoms with Crippen LogP contribution in [0.1, 0.15) is 16.9 Å². The monoisotopic (exact) mass is 484 g/mol. The Morgan fingerprint density at radius 3 is 2.69 bits per heavy atom. The number of hydrogen-bond donors (Lipinski definition) is 1. The highest BCUT2D eigenvalue weighted by Crippen LogP contribution is 2.34. The largest absolute Gasteiger partial charge is 0.467 e. The molecule has 3 heterocycles. The number of aryl methyl sites for hydroxylation is 1. The van der Waals surface area contributed by atoms with Gasteiger partial charge in [-0.2, -0.15) is 0 Å². The first-order valence-corrected chi connectivity index (χ1v) is 12.0. The van der Waals surface area contributed by atoms with Crippen LogP contribution in [0.3, 0.4) is 0 Å². The number of hydrogen-bond acceptors (Lipinski definition) is 5. The van der Waals surface area contributed by atoms with Gasteiger partial charge >= 0.3 is 0 Å². The zero-order valence-electron chi connectivity index (χ0n) is 19.4. The summed E-state index contributed by atoms with van der Waals surface area (Å²) in [5, 5.41) is 4.48. The number of amides is 2. The zero-order valence-corrected chi connectivity index (χ0v) is 20.2. The molecule has 0 unspecified atom stereocenters. The predicted octanol–water partition coefficient (Wildman–Crippen LogP) is 5.09. The fourth-order valence-electron chi connectivity index (χ4n) is 3.85. The molecule has 0 aliphatic carbocycles. The van der Waals surface area contributed by atoms with Crippen molar-refractivity contribution < 1.29 is 14.0 Å². The van der Waals surface area contributed by atoms with Gasteiger partial charge in [-0.3, -0.25) is 14.5 Å². The van der Waals surface area contributed by atoms with Crippen molar-refractivity contribution in [1.82, 2.24) is 14.8 Å². The van der Waals surface area contributed by atoms with Gasteiger partial charge in [0, 0.05) is 29.7 Å². The number of nitrogens with zero attached hydrogens (tertiary/aromatic N) is 3. The minimum atomic E-state index is -0.125.